The first-order chi connectivity index (χ1) is 6.68. The highest BCUT2D eigenvalue weighted by Gasteiger charge is 2.05. The van der Waals surface area contributed by atoms with Crippen LogP contribution in [-0.2, 0) is 6.54 Å². The summed E-state index contributed by atoms with van der Waals surface area (Å²) in [6.07, 6.45) is 2.24. The van der Waals surface area contributed by atoms with E-state index in [0.717, 1.165) is 6.54 Å². The molecule has 0 spiro atoms. The van der Waals surface area contributed by atoms with Crippen molar-refractivity contribution in [2.75, 3.05) is 0 Å². The molecule has 2 aromatic heterocycles. The Morgan fingerprint density at radius 1 is 1.29 bits per heavy atom. The van der Waals surface area contributed by atoms with Gasteiger partial charge in [-0.05, 0) is 54.3 Å². The predicted molar refractivity (Wildman–Crippen MR) is 62.1 cm³/mol. The maximum atomic E-state index is 2.33. The van der Waals surface area contributed by atoms with Crippen LogP contribution in [0, 0.1) is 20.8 Å². The van der Waals surface area contributed by atoms with E-state index in [1.165, 1.54) is 22.4 Å². The van der Waals surface area contributed by atoms with E-state index in [0.29, 0.717) is 0 Å². The van der Waals surface area contributed by atoms with Crippen molar-refractivity contribution in [3.63, 3.8) is 0 Å². The molecule has 0 radical (unpaired) electrons. The van der Waals surface area contributed by atoms with Crippen LogP contribution in [0.15, 0.2) is 23.0 Å². The lowest BCUT2D eigenvalue weighted by atomic mass is 10.2. The quantitative estimate of drug-likeness (QED) is 0.707. The van der Waals surface area contributed by atoms with Crippen molar-refractivity contribution in [3.05, 3.63) is 45.4 Å². The third-order valence-corrected chi connectivity index (χ3v) is 3.58. The maximum absolute atomic E-state index is 2.33. The summed E-state index contributed by atoms with van der Waals surface area (Å²) in [5, 5.41) is 4.35. The Labute approximate surface area is 89.0 Å². The molecule has 2 aromatic rings. The Hall–Kier alpha value is -1.02. The van der Waals surface area contributed by atoms with Crippen molar-refractivity contribution >= 4 is 11.3 Å². The summed E-state index contributed by atoms with van der Waals surface area (Å²) in [5.41, 5.74) is 5.58. The van der Waals surface area contributed by atoms with Gasteiger partial charge in [0.1, 0.15) is 0 Å². The smallest absolute Gasteiger partial charge is 0.0481 e. The van der Waals surface area contributed by atoms with E-state index in [2.05, 4.69) is 48.4 Å². The number of aromatic nitrogens is 1. The molecule has 0 fully saturated rings. The van der Waals surface area contributed by atoms with E-state index in [-0.39, 0.29) is 0 Å². The van der Waals surface area contributed by atoms with Crippen molar-refractivity contribution in [1.82, 2.24) is 4.57 Å². The average Bonchev–Trinajstić information content (AvgIpc) is 2.73. The van der Waals surface area contributed by atoms with Gasteiger partial charge in [-0.25, -0.2) is 0 Å². The Morgan fingerprint density at radius 3 is 2.57 bits per heavy atom. The summed E-state index contributed by atoms with van der Waals surface area (Å²) < 4.78 is 2.33. The van der Waals surface area contributed by atoms with Crippen LogP contribution in [0.3, 0.4) is 0 Å². The minimum absolute atomic E-state index is 1.00. The molecule has 0 saturated carbocycles. The van der Waals surface area contributed by atoms with Gasteiger partial charge in [0.25, 0.3) is 0 Å². The van der Waals surface area contributed by atoms with Crippen molar-refractivity contribution in [2.24, 2.45) is 0 Å². The molecule has 14 heavy (non-hydrogen) atoms. The third-order valence-electron chi connectivity index (χ3n) is 2.85. The largest absolute Gasteiger partial charge is 0.347 e. The molecule has 2 heteroatoms. The van der Waals surface area contributed by atoms with Gasteiger partial charge in [0.2, 0.25) is 0 Å². The fourth-order valence-corrected chi connectivity index (χ4v) is 2.33. The highest BCUT2D eigenvalue weighted by Crippen LogP contribution is 2.17. The Balaban J connectivity index is 2.30. The Bertz CT molecular complexity index is 423. The molecule has 0 atom stereocenters. The van der Waals surface area contributed by atoms with Crippen LogP contribution in [0.5, 0.6) is 0 Å². The molecule has 0 N–H and O–H groups in total. The minimum Gasteiger partial charge on any atom is -0.347 e. The van der Waals surface area contributed by atoms with Gasteiger partial charge in [-0.2, -0.15) is 11.3 Å². The monoisotopic (exact) mass is 205 g/mol. The van der Waals surface area contributed by atoms with Gasteiger partial charge in [-0.1, -0.05) is 0 Å². The number of aryl methyl sites for hydroxylation is 1. The summed E-state index contributed by atoms with van der Waals surface area (Å²) in [4.78, 5) is 0. The number of hydrogen-bond acceptors (Lipinski definition) is 1. The molecule has 2 rings (SSSR count). The number of nitrogens with zero attached hydrogens (tertiary/aromatic N) is 1. The summed E-state index contributed by atoms with van der Waals surface area (Å²) >= 11 is 1.76. The number of thiophene rings is 1. The van der Waals surface area contributed by atoms with Crippen LogP contribution in [0.1, 0.15) is 22.4 Å². The van der Waals surface area contributed by atoms with E-state index in [4.69, 9.17) is 0 Å². The molecule has 0 amide bonds. The molecular formula is C12H15NS. The highest BCUT2D eigenvalue weighted by atomic mass is 32.1. The molecule has 0 bridgehead atoms. The van der Waals surface area contributed by atoms with E-state index in [1.54, 1.807) is 11.3 Å². The Morgan fingerprint density at radius 2 is 2.07 bits per heavy atom. The third kappa shape index (κ3) is 1.62. The van der Waals surface area contributed by atoms with Crippen LogP contribution >= 0.6 is 11.3 Å². The maximum Gasteiger partial charge on any atom is 0.0481 e. The van der Waals surface area contributed by atoms with Crippen LogP contribution in [0.4, 0.5) is 0 Å². The second-order valence-corrected chi connectivity index (χ2v) is 4.56. The van der Waals surface area contributed by atoms with E-state index < -0.39 is 0 Å². The number of rotatable bonds is 2. The Kier molecular flexibility index (Phi) is 2.46. The van der Waals surface area contributed by atoms with Gasteiger partial charge in [-0.15, -0.1) is 0 Å². The van der Waals surface area contributed by atoms with Crippen LogP contribution in [0.2, 0.25) is 0 Å². The van der Waals surface area contributed by atoms with Crippen LogP contribution in [0.25, 0.3) is 0 Å². The molecular weight excluding hydrogens is 190 g/mol. The molecule has 74 valence electrons. The topological polar surface area (TPSA) is 4.93 Å². The minimum atomic E-state index is 1.00. The lowest BCUT2D eigenvalue weighted by Gasteiger charge is -2.04. The zero-order valence-corrected chi connectivity index (χ0v) is 9.69. The second kappa shape index (κ2) is 3.62. The fourth-order valence-electron chi connectivity index (χ4n) is 1.67. The number of hydrogen-bond donors (Lipinski definition) is 0. The van der Waals surface area contributed by atoms with Crippen molar-refractivity contribution < 1.29 is 0 Å². The van der Waals surface area contributed by atoms with Gasteiger partial charge in [0.05, 0.1) is 0 Å². The SMILES string of the molecule is Cc1cn(Cc2ccsc2)c(C)c1C. The summed E-state index contributed by atoms with van der Waals surface area (Å²) in [5.74, 6) is 0. The van der Waals surface area contributed by atoms with Gasteiger partial charge in [-0.3, -0.25) is 0 Å². The van der Waals surface area contributed by atoms with Crippen molar-refractivity contribution in [2.45, 2.75) is 27.3 Å². The molecule has 2 heterocycles. The first kappa shape index (κ1) is 9.53. The molecule has 0 aliphatic heterocycles. The fraction of sp³-hybridized carbons (Fsp3) is 0.333. The van der Waals surface area contributed by atoms with Gasteiger partial charge < -0.3 is 4.57 Å². The van der Waals surface area contributed by atoms with Crippen LogP contribution in [-0.4, -0.2) is 4.57 Å². The van der Waals surface area contributed by atoms with Gasteiger partial charge in [0, 0.05) is 18.4 Å². The first-order valence-electron chi connectivity index (χ1n) is 4.82. The standard InChI is InChI=1S/C12H15NS/c1-9-6-13(11(3)10(9)2)7-12-4-5-14-8-12/h4-6,8H,7H2,1-3H3. The molecule has 0 aliphatic rings. The molecule has 0 unspecified atom stereocenters. The van der Waals surface area contributed by atoms with Crippen LogP contribution < -0.4 is 0 Å². The summed E-state index contributed by atoms with van der Waals surface area (Å²) in [6.45, 7) is 7.56. The van der Waals surface area contributed by atoms with Crippen molar-refractivity contribution in [3.8, 4) is 0 Å². The summed E-state index contributed by atoms with van der Waals surface area (Å²) in [7, 11) is 0. The zero-order valence-electron chi connectivity index (χ0n) is 8.87. The second-order valence-electron chi connectivity index (χ2n) is 3.78. The lowest BCUT2D eigenvalue weighted by molar-refractivity contribution is 0.775. The molecule has 0 saturated heterocycles. The first-order valence-corrected chi connectivity index (χ1v) is 5.77. The van der Waals surface area contributed by atoms with E-state index >= 15 is 0 Å². The van der Waals surface area contributed by atoms with E-state index in [9.17, 15) is 0 Å². The van der Waals surface area contributed by atoms with Gasteiger partial charge >= 0.3 is 0 Å². The highest BCUT2D eigenvalue weighted by molar-refractivity contribution is 7.07. The molecule has 0 aliphatic carbocycles. The van der Waals surface area contributed by atoms with E-state index in [1.807, 2.05) is 0 Å². The van der Waals surface area contributed by atoms with Gasteiger partial charge in [0.15, 0.2) is 0 Å². The molecule has 0 aromatic carbocycles. The summed E-state index contributed by atoms with van der Waals surface area (Å²) in [6, 6.07) is 2.19. The zero-order chi connectivity index (χ0) is 10.1. The predicted octanol–water partition coefficient (Wildman–Crippen LogP) is 3.52. The van der Waals surface area contributed by atoms with Crippen molar-refractivity contribution in [1.29, 1.82) is 0 Å². The molecule has 1 nitrogen and oxygen atoms in total. The lowest BCUT2D eigenvalue weighted by Crippen LogP contribution is -1.99. The normalized spacial score (nSPS) is 10.8. The average molecular weight is 205 g/mol.